The lowest BCUT2D eigenvalue weighted by Gasteiger charge is -2.14. The van der Waals surface area contributed by atoms with Crippen molar-refractivity contribution in [2.75, 3.05) is 5.32 Å². The second kappa shape index (κ2) is 6.02. The van der Waals surface area contributed by atoms with Crippen LogP contribution in [0.3, 0.4) is 0 Å². The third-order valence-corrected chi connectivity index (χ3v) is 5.33. The molecule has 26 heavy (non-hydrogen) atoms. The normalized spacial score (nSPS) is 13.8. The Balaban J connectivity index is 1.64. The van der Waals surface area contributed by atoms with Crippen LogP contribution in [0.4, 0.5) is 5.13 Å². The Bertz CT molecular complexity index is 1080. The molecule has 0 unspecified atom stereocenters. The van der Waals surface area contributed by atoms with E-state index >= 15 is 0 Å². The summed E-state index contributed by atoms with van der Waals surface area (Å²) in [7, 11) is 0. The molecule has 4 rings (SSSR count). The Morgan fingerprint density at radius 1 is 1.27 bits per heavy atom. The molecule has 1 aliphatic rings. The van der Waals surface area contributed by atoms with Crippen molar-refractivity contribution in [3.05, 3.63) is 51.0 Å². The van der Waals surface area contributed by atoms with Gasteiger partial charge in [0.2, 0.25) is 0 Å². The van der Waals surface area contributed by atoms with Gasteiger partial charge in [-0.3, -0.25) is 19.5 Å². The number of aryl methyl sites for hydroxylation is 1. The average Bonchev–Trinajstić information content (AvgIpc) is 3.23. The summed E-state index contributed by atoms with van der Waals surface area (Å²) in [5.41, 5.74) is 1.91. The maximum absolute atomic E-state index is 12.6. The van der Waals surface area contributed by atoms with Gasteiger partial charge in [0.1, 0.15) is 5.82 Å². The lowest BCUT2D eigenvalue weighted by molar-refractivity contribution is 0.102. The van der Waals surface area contributed by atoms with Crippen molar-refractivity contribution < 1.29 is 4.79 Å². The highest BCUT2D eigenvalue weighted by atomic mass is 32.1. The monoisotopic (exact) mass is 368 g/mol. The van der Waals surface area contributed by atoms with Crippen molar-refractivity contribution in [3.63, 3.8) is 0 Å². The number of rotatable bonds is 2. The van der Waals surface area contributed by atoms with Crippen LogP contribution in [-0.4, -0.2) is 20.4 Å². The number of nitrogens with one attached hydrogen (secondary N) is 1. The standard InChI is InChI=1S/C19H20N4O2S/c1-19(2,3)14-10-26-18(21-14)22-16(24)11-6-7-12-13(9-11)20-15-5-4-8-23(15)17(12)25/h6-7,9-10H,4-5,8H2,1-3H3,(H,21,22,24). The molecule has 7 heteroatoms. The molecule has 0 bridgehead atoms. The summed E-state index contributed by atoms with van der Waals surface area (Å²) in [6.07, 6.45) is 1.74. The Labute approximate surface area is 154 Å². The van der Waals surface area contributed by atoms with Gasteiger partial charge in [0.05, 0.1) is 16.6 Å². The minimum absolute atomic E-state index is 0.0239. The van der Waals surface area contributed by atoms with Crippen LogP contribution < -0.4 is 10.9 Å². The van der Waals surface area contributed by atoms with Crippen molar-refractivity contribution >= 4 is 33.3 Å². The van der Waals surface area contributed by atoms with Gasteiger partial charge in [0.25, 0.3) is 11.5 Å². The summed E-state index contributed by atoms with van der Waals surface area (Å²) in [5.74, 6) is 0.555. The number of thiazole rings is 1. The van der Waals surface area contributed by atoms with Crippen molar-refractivity contribution in [2.45, 2.75) is 45.6 Å². The quantitative estimate of drug-likeness (QED) is 0.752. The minimum atomic E-state index is -0.246. The molecule has 1 aliphatic heterocycles. The largest absolute Gasteiger partial charge is 0.298 e. The fourth-order valence-corrected chi connectivity index (χ4v) is 4.00. The number of amides is 1. The molecule has 1 aromatic carbocycles. The molecular weight excluding hydrogens is 348 g/mol. The minimum Gasteiger partial charge on any atom is -0.298 e. The predicted octanol–water partition coefficient (Wildman–Crippen LogP) is 3.35. The van der Waals surface area contributed by atoms with Gasteiger partial charge in [-0.05, 0) is 24.6 Å². The molecule has 2 aromatic heterocycles. The van der Waals surface area contributed by atoms with E-state index in [0.717, 1.165) is 30.9 Å². The zero-order chi connectivity index (χ0) is 18.5. The molecule has 3 heterocycles. The number of nitrogens with zero attached hydrogens (tertiary/aromatic N) is 3. The highest BCUT2D eigenvalue weighted by Crippen LogP contribution is 2.26. The van der Waals surface area contributed by atoms with E-state index in [-0.39, 0.29) is 16.9 Å². The van der Waals surface area contributed by atoms with Gasteiger partial charge in [-0.25, -0.2) is 9.97 Å². The molecule has 6 nitrogen and oxygen atoms in total. The van der Waals surface area contributed by atoms with Crippen LogP contribution in [0.2, 0.25) is 0 Å². The number of hydrogen-bond donors (Lipinski definition) is 1. The maximum Gasteiger partial charge on any atom is 0.261 e. The Morgan fingerprint density at radius 2 is 2.08 bits per heavy atom. The SMILES string of the molecule is CC(C)(C)c1csc(NC(=O)c2ccc3c(=O)n4c(nc3c2)CCC4)n1. The molecule has 0 saturated heterocycles. The highest BCUT2D eigenvalue weighted by molar-refractivity contribution is 7.14. The summed E-state index contributed by atoms with van der Waals surface area (Å²) >= 11 is 1.41. The van der Waals surface area contributed by atoms with Crippen molar-refractivity contribution in [1.29, 1.82) is 0 Å². The molecule has 0 radical (unpaired) electrons. The Hall–Kier alpha value is -2.54. The summed E-state index contributed by atoms with van der Waals surface area (Å²) in [5, 5.41) is 5.92. The fourth-order valence-electron chi connectivity index (χ4n) is 3.07. The molecular formula is C19H20N4O2S. The van der Waals surface area contributed by atoms with Gasteiger partial charge in [-0.15, -0.1) is 11.3 Å². The van der Waals surface area contributed by atoms with Crippen molar-refractivity contribution in [1.82, 2.24) is 14.5 Å². The molecule has 1 amide bonds. The van der Waals surface area contributed by atoms with Crippen LogP contribution in [-0.2, 0) is 18.4 Å². The highest BCUT2D eigenvalue weighted by Gasteiger charge is 2.20. The summed E-state index contributed by atoms with van der Waals surface area (Å²) in [6, 6.07) is 5.04. The Kier molecular flexibility index (Phi) is 3.91. The van der Waals surface area contributed by atoms with E-state index in [1.54, 1.807) is 22.8 Å². The Morgan fingerprint density at radius 3 is 2.81 bits per heavy atom. The van der Waals surface area contributed by atoms with Gasteiger partial charge in [0.15, 0.2) is 5.13 Å². The first-order valence-corrected chi connectivity index (χ1v) is 9.52. The van der Waals surface area contributed by atoms with E-state index in [9.17, 15) is 9.59 Å². The number of carbonyl (C=O) groups is 1. The van der Waals surface area contributed by atoms with E-state index in [1.807, 2.05) is 5.38 Å². The molecule has 0 fully saturated rings. The lowest BCUT2D eigenvalue weighted by Crippen LogP contribution is -2.21. The van der Waals surface area contributed by atoms with E-state index in [1.165, 1.54) is 11.3 Å². The first-order chi connectivity index (χ1) is 12.3. The third-order valence-electron chi connectivity index (χ3n) is 4.57. The van der Waals surface area contributed by atoms with Crippen molar-refractivity contribution in [2.24, 2.45) is 0 Å². The molecule has 3 aromatic rings. The van der Waals surface area contributed by atoms with Crippen LogP contribution in [0.15, 0.2) is 28.4 Å². The van der Waals surface area contributed by atoms with E-state index < -0.39 is 0 Å². The average molecular weight is 368 g/mol. The fraction of sp³-hybridized carbons (Fsp3) is 0.368. The van der Waals surface area contributed by atoms with E-state index in [4.69, 9.17) is 0 Å². The number of benzene rings is 1. The van der Waals surface area contributed by atoms with E-state index in [2.05, 4.69) is 36.1 Å². The number of hydrogen-bond acceptors (Lipinski definition) is 5. The maximum atomic E-state index is 12.6. The first kappa shape index (κ1) is 16.9. The molecule has 134 valence electrons. The third kappa shape index (κ3) is 2.92. The second-order valence-electron chi connectivity index (χ2n) is 7.56. The molecule has 0 aliphatic carbocycles. The van der Waals surface area contributed by atoms with Gasteiger partial charge >= 0.3 is 0 Å². The summed E-state index contributed by atoms with van der Waals surface area (Å²) in [6.45, 7) is 6.97. The molecule has 0 spiro atoms. The first-order valence-electron chi connectivity index (χ1n) is 8.64. The zero-order valence-corrected chi connectivity index (χ0v) is 15.8. The second-order valence-corrected chi connectivity index (χ2v) is 8.42. The summed E-state index contributed by atoms with van der Waals surface area (Å²) < 4.78 is 1.73. The van der Waals surface area contributed by atoms with Gasteiger partial charge in [-0.2, -0.15) is 0 Å². The van der Waals surface area contributed by atoms with Crippen LogP contribution in [0.1, 0.15) is 49.1 Å². The predicted molar refractivity (Wildman–Crippen MR) is 103 cm³/mol. The zero-order valence-electron chi connectivity index (χ0n) is 15.0. The molecule has 1 N–H and O–H groups in total. The van der Waals surface area contributed by atoms with Crippen LogP contribution in [0.25, 0.3) is 10.9 Å². The van der Waals surface area contributed by atoms with Gasteiger partial charge in [-0.1, -0.05) is 20.8 Å². The summed E-state index contributed by atoms with van der Waals surface area (Å²) in [4.78, 5) is 34.1. The van der Waals surface area contributed by atoms with Gasteiger partial charge in [0, 0.05) is 29.3 Å². The van der Waals surface area contributed by atoms with Crippen molar-refractivity contribution in [3.8, 4) is 0 Å². The number of aromatic nitrogens is 3. The number of anilines is 1. The van der Waals surface area contributed by atoms with Gasteiger partial charge < -0.3 is 0 Å². The van der Waals surface area contributed by atoms with Crippen LogP contribution in [0, 0.1) is 0 Å². The van der Waals surface area contributed by atoms with Crippen LogP contribution >= 0.6 is 11.3 Å². The molecule has 0 saturated carbocycles. The van der Waals surface area contributed by atoms with Crippen LogP contribution in [0.5, 0.6) is 0 Å². The van der Waals surface area contributed by atoms with E-state index in [0.29, 0.717) is 21.6 Å². The smallest absolute Gasteiger partial charge is 0.261 e. The lowest BCUT2D eigenvalue weighted by atomic mass is 9.93. The molecule has 0 atom stereocenters. The number of fused-ring (bicyclic) bond motifs is 2. The number of carbonyl (C=O) groups excluding carboxylic acids is 1. The topological polar surface area (TPSA) is 76.9 Å².